The molecule has 0 unspecified atom stereocenters. The highest BCUT2D eigenvalue weighted by atomic mass is 16.5. The minimum Gasteiger partial charge on any atom is -0.496 e. The third-order valence-electron chi connectivity index (χ3n) is 5.08. The summed E-state index contributed by atoms with van der Waals surface area (Å²) in [5.41, 5.74) is 2.90. The van der Waals surface area contributed by atoms with Crippen LogP contribution in [0.2, 0.25) is 0 Å². The molecule has 0 radical (unpaired) electrons. The number of ether oxygens (including phenoxy) is 3. The fourth-order valence-corrected chi connectivity index (χ4v) is 3.90. The number of aliphatic carboxylic acids is 1. The van der Waals surface area contributed by atoms with Gasteiger partial charge in [-0.15, -0.1) is 0 Å². The van der Waals surface area contributed by atoms with Crippen LogP contribution in [0.15, 0.2) is 18.2 Å². The summed E-state index contributed by atoms with van der Waals surface area (Å²) in [6.45, 7) is 5.99. The molecular formula is C21H22O6. The van der Waals surface area contributed by atoms with Crippen molar-refractivity contribution >= 4 is 12.3 Å². The van der Waals surface area contributed by atoms with Crippen molar-refractivity contribution in [3.63, 3.8) is 0 Å². The van der Waals surface area contributed by atoms with Gasteiger partial charge >= 0.3 is 5.97 Å². The quantitative estimate of drug-likeness (QED) is 0.804. The predicted molar refractivity (Wildman–Crippen MR) is 99.7 cm³/mol. The summed E-state index contributed by atoms with van der Waals surface area (Å²) in [6, 6.07) is 5.46. The van der Waals surface area contributed by atoms with Gasteiger partial charge in [0.1, 0.15) is 23.0 Å². The van der Waals surface area contributed by atoms with Gasteiger partial charge in [0.15, 0.2) is 6.29 Å². The normalized spacial score (nSPS) is 13.8. The van der Waals surface area contributed by atoms with E-state index in [4.69, 9.17) is 14.2 Å². The first-order valence-corrected chi connectivity index (χ1v) is 8.53. The number of rotatable bonds is 5. The number of carboxylic acids is 1. The Bertz CT molecular complexity index is 942. The maximum absolute atomic E-state index is 11.8. The first-order valence-electron chi connectivity index (χ1n) is 8.53. The molecule has 1 N–H and O–H groups in total. The molecule has 142 valence electrons. The Morgan fingerprint density at radius 1 is 1.19 bits per heavy atom. The summed E-state index contributed by atoms with van der Waals surface area (Å²) in [4.78, 5) is 23.2. The fourth-order valence-electron chi connectivity index (χ4n) is 3.90. The van der Waals surface area contributed by atoms with E-state index in [9.17, 15) is 14.7 Å². The van der Waals surface area contributed by atoms with Gasteiger partial charge in [-0.05, 0) is 24.6 Å². The lowest BCUT2D eigenvalue weighted by atomic mass is 9.72. The number of carbonyl (C=O) groups is 2. The molecule has 0 aromatic heterocycles. The van der Waals surface area contributed by atoms with Crippen LogP contribution in [0.3, 0.4) is 0 Å². The minimum absolute atomic E-state index is 0.252. The number of aryl methyl sites for hydroxylation is 1. The predicted octanol–water partition coefficient (Wildman–Crippen LogP) is 3.88. The Kier molecular flexibility index (Phi) is 4.59. The Morgan fingerprint density at radius 3 is 2.41 bits per heavy atom. The third kappa shape index (κ3) is 2.81. The number of carbonyl (C=O) groups excluding carboxylic acids is 1. The standard InChI is InChI=1S/C21H22O6/c1-11-8-16(26-5)12(9-17(23)24)20-18(11)21(2,3)14-6-7-15(25-4)13(10-22)19(14)27-20/h6-8,10H,9H2,1-5H3,(H,23,24). The van der Waals surface area contributed by atoms with E-state index >= 15 is 0 Å². The van der Waals surface area contributed by atoms with Crippen molar-refractivity contribution in [3.05, 3.63) is 46.0 Å². The Morgan fingerprint density at radius 2 is 1.85 bits per heavy atom. The third-order valence-corrected chi connectivity index (χ3v) is 5.08. The van der Waals surface area contributed by atoms with Gasteiger partial charge < -0.3 is 19.3 Å². The monoisotopic (exact) mass is 370 g/mol. The van der Waals surface area contributed by atoms with E-state index in [1.165, 1.54) is 14.2 Å². The Hall–Kier alpha value is -3.02. The zero-order valence-corrected chi connectivity index (χ0v) is 16.0. The zero-order chi connectivity index (χ0) is 19.9. The number of carboxylic acid groups (broad SMARTS) is 1. The van der Waals surface area contributed by atoms with Crippen molar-refractivity contribution in [3.8, 4) is 23.0 Å². The van der Waals surface area contributed by atoms with E-state index in [2.05, 4.69) is 0 Å². The molecule has 0 atom stereocenters. The molecule has 0 saturated carbocycles. The molecule has 1 heterocycles. The molecule has 0 bridgehead atoms. The van der Waals surface area contributed by atoms with Crippen LogP contribution in [0.1, 0.15) is 46.5 Å². The molecule has 0 aliphatic carbocycles. The van der Waals surface area contributed by atoms with Crippen LogP contribution in [-0.2, 0) is 16.6 Å². The van der Waals surface area contributed by atoms with Crippen LogP contribution in [0.25, 0.3) is 0 Å². The molecule has 2 aromatic rings. The SMILES string of the molecule is COc1ccc2c(c1C=O)Oc1c(CC(=O)O)c(OC)cc(C)c1C2(C)C. The van der Waals surface area contributed by atoms with Crippen molar-refractivity contribution in [2.75, 3.05) is 14.2 Å². The molecule has 6 nitrogen and oxygen atoms in total. The Labute approximate surface area is 157 Å². The van der Waals surface area contributed by atoms with Crippen molar-refractivity contribution in [1.82, 2.24) is 0 Å². The van der Waals surface area contributed by atoms with E-state index in [0.717, 1.165) is 16.7 Å². The fraction of sp³-hybridized carbons (Fsp3) is 0.333. The van der Waals surface area contributed by atoms with Crippen molar-refractivity contribution < 1.29 is 28.9 Å². The van der Waals surface area contributed by atoms with E-state index in [1.807, 2.05) is 32.9 Å². The lowest BCUT2D eigenvalue weighted by molar-refractivity contribution is -0.136. The molecule has 2 aromatic carbocycles. The minimum atomic E-state index is -0.993. The molecule has 1 aliphatic heterocycles. The van der Waals surface area contributed by atoms with Crippen LogP contribution < -0.4 is 14.2 Å². The molecule has 6 heteroatoms. The number of methoxy groups -OCH3 is 2. The first kappa shape index (κ1) is 18.8. The molecule has 0 amide bonds. The van der Waals surface area contributed by atoms with Gasteiger partial charge in [0.05, 0.1) is 26.2 Å². The second kappa shape index (κ2) is 6.61. The molecule has 1 aliphatic rings. The maximum atomic E-state index is 11.8. The van der Waals surface area contributed by atoms with Gasteiger partial charge in [-0.2, -0.15) is 0 Å². The molecule has 3 rings (SSSR count). The first-order chi connectivity index (χ1) is 12.8. The summed E-state index contributed by atoms with van der Waals surface area (Å²) in [6.07, 6.45) is 0.445. The Balaban J connectivity index is 2.37. The average molecular weight is 370 g/mol. The summed E-state index contributed by atoms with van der Waals surface area (Å²) in [7, 11) is 2.98. The molecule has 0 saturated heterocycles. The number of hydrogen-bond acceptors (Lipinski definition) is 5. The highest BCUT2D eigenvalue weighted by Crippen LogP contribution is 2.54. The van der Waals surface area contributed by atoms with Crippen LogP contribution in [0.4, 0.5) is 0 Å². The number of aldehydes is 1. The lowest BCUT2D eigenvalue weighted by Gasteiger charge is -2.38. The van der Waals surface area contributed by atoms with Gasteiger partial charge in [-0.25, -0.2) is 0 Å². The van der Waals surface area contributed by atoms with Crippen LogP contribution >= 0.6 is 0 Å². The second-order valence-electron chi connectivity index (χ2n) is 7.05. The maximum Gasteiger partial charge on any atom is 0.308 e. The zero-order valence-electron chi connectivity index (χ0n) is 16.0. The highest BCUT2D eigenvalue weighted by Gasteiger charge is 2.40. The summed E-state index contributed by atoms with van der Waals surface area (Å²) < 4.78 is 16.9. The largest absolute Gasteiger partial charge is 0.496 e. The second-order valence-corrected chi connectivity index (χ2v) is 7.05. The molecule has 0 fully saturated rings. The summed E-state index contributed by atoms with van der Waals surface area (Å²) >= 11 is 0. The van der Waals surface area contributed by atoms with Crippen LogP contribution in [-0.4, -0.2) is 31.6 Å². The molecule has 0 spiro atoms. The molecule has 27 heavy (non-hydrogen) atoms. The van der Waals surface area contributed by atoms with E-state index in [1.54, 1.807) is 6.07 Å². The summed E-state index contributed by atoms with van der Waals surface area (Å²) in [5, 5.41) is 9.38. The molecular weight excluding hydrogens is 348 g/mol. The van der Waals surface area contributed by atoms with Gasteiger partial charge in [0.2, 0.25) is 0 Å². The van der Waals surface area contributed by atoms with Gasteiger partial charge in [-0.3, -0.25) is 9.59 Å². The topological polar surface area (TPSA) is 82.1 Å². The highest BCUT2D eigenvalue weighted by molar-refractivity contribution is 5.87. The average Bonchev–Trinajstić information content (AvgIpc) is 2.61. The van der Waals surface area contributed by atoms with Gasteiger partial charge in [0.25, 0.3) is 0 Å². The van der Waals surface area contributed by atoms with Crippen LogP contribution in [0.5, 0.6) is 23.0 Å². The number of benzene rings is 2. The van der Waals surface area contributed by atoms with E-state index < -0.39 is 11.4 Å². The number of hydrogen-bond donors (Lipinski definition) is 1. The van der Waals surface area contributed by atoms with Gasteiger partial charge in [-0.1, -0.05) is 19.9 Å². The summed E-state index contributed by atoms with van der Waals surface area (Å²) in [5.74, 6) is 0.683. The van der Waals surface area contributed by atoms with Crippen molar-refractivity contribution in [2.24, 2.45) is 0 Å². The number of fused-ring (bicyclic) bond motifs is 2. The van der Waals surface area contributed by atoms with Gasteiger partial charge in [0, 0.05) is 22.1 Å². The van der Waals surface area contributed by atoms with Crippen molar-refractivity contribution in [1.29, 1.82) is 0 Å². The van der Waals surface area contributed by atoms with Crippen molar-refractivity contribution in [2.45, 2.75) is 32.6 Å². The van der Waals surface area contributed by atoms with E-state index in [0.29, 0.717) is 40.4 Å². The smallest absolute Gasteiger partial charge is 0.308 e. The van der Waals surface area contributed by atoms with E-state index in [-0.39, 0.29) is 6.42 Å². The van der Waals surface area contributed by atoms with Crippen LogP contribution in [0, 0.1) is 6.92 Å². The lowest BCUT2D eigenvalue weighted by Crippen LogP contribution is -2.27.